The van der Waals surface area contributed by atoms with E-state index in [-0.39, 0.29) is 0 Å². The minimum absolute atomic E-state index is 0.403. The van der Waals surface area contributed by atoms with Crippen LogP contribution >= 0.6 is 11.6 Å². The number of ether oxygens (including phenoxy) is 1. The summed E-state index contributed by atoms with van der Waals surface area (Å²) >= 11 is 6.19. The van der Waals surface area contributed by atoms with Crippen molar-refractivity contribution in [2.24, 2.45) is 5.41 Å². The average Bonchev–Trinajstić information content (AvgIpc) is 2.46. The molecule has 0 aromatic heterocycles. The third-order valence-electron chi connectivity index (χ3n) is 4.06. The van der Waals surface area contributed by atoms with Gasteiger partial charge in [-0.25, -0.2) is 0 Å². The molecule has 0 unspecified atom stereocenters. The van der Waals surface area contributed by atoms with Gasteiger partial charge in [-0.15, -0.1) is 11.6 Å². The smallest absolute Gasteiger partial charge is 0.119 e. The van der Waals surface area contributed by atoms with Gasteiger partial charge in [0.25, 0.3) is 0 Å². The summed E-state index contributed by atoms with van der Waals surface area (Å²) in [6.07, 6.45) is 9.03. The minimum atomic E-state index is 0.403. The molecule has 0 heterocycles. The highest BCUT2D eigenvalue weighted by atomic mass is 35.5. The zero-order chi connectivity index (χ0) is 12.7. The van der Waals surface area contributed by atoms with Gasteiger partial charge in [-0.2, -0.15) is 0 Å². The van der Waals surface area contributed by atoms with Crippen molar-refractivity contribution in [1.29, 1.82) is 0 Å². The van der Waals surface area contributed by atoms with E-state index in [1.807, 2.05) is 30.3 Å². The molecular formula is C16H23ClO. The lowest BCUT2D eigenvalue weighted by molar-refractivity contribution is 0.181. The lowest BCUT2D eigenvalue weighted by Crippen LogP contribution is -2.26. The second kappa shape index (κ2) is 7.04. The highest BCUT2D eigenvalue weighted by Crippen LogP contribution is 2.41. The molecule has 1 nitrogen and oxygen atoms in total. The summed E-state index contributed by atoms with van der Waals surface area (Å²) in [6.45, 7) is 0.808. The molecule has 0 spiro atoms. The number of hydrogen-bond donors (Lipinski definition) is 0. The van der Waals surface area contributed by atoms with Crippen LogP contribution in [0.3, 0.4) is 0 Å². The Bertz CT molecular complexity index is 330. The second-order valence-electron chi connectivity index (χ2n) is 5.46. The Hall–Kier alpha value is -0.690. The molecular weight excluding hydrogens is 244 g/mol. The SMILES string of the molecule is ClCC1(CCCOc2ccccc2)CCCCC1. The number of hydrogen-bond acceptors (Lipinski definition) is 1. The molecule has 1 saturated carbocycles. The topological polar surface area (TPSA) is 9.23 Å². The summed E-state index contributed by atoms with van der Waals surface area (Å²) < 4.78 is 5.74. The fourth-order valence-corrected chi connectivity index (χ4v) is 3.31. The molecule has 0 amide bonds. The van der Waals surface area contributed by atoms with E-state index in [0.29, 0.717) is 5.41 Å². The fourth-order valence-electron chi connectivity index (χ4n) is 2.91. The molecule has 1 aliphatic carbocycles. The summed E-state index contributed by atoms with van der Waals surface area (Å²) in [6, 6.07) is 10.1. The minimum Gasteiger partial charge on any atom is -0.494 e. The van der Waals surface area contributed by atoms with Crippen LogP contribution in [-0.2, 0) is 0 Å². The van der Waals surface area contributed by atoms with Gasteiger partial charge in [0.1, 0.15) is 5.75 Å². The predicted octanol–water partition coefficient (Wildman–Crippen LogP) is 5.03. The summed E-state index contributed by atoms with van der Waals surface area (Å²) in [5.74, 6) is 1.79. The number of benzene rings is 1. The third kappa shape index (κ3) is 3.91. The fraction of sp³-hybridized carbons (Fsp3) is 0.625. The van der Waals surface area contributed by atoms with E-state index >= 15 is 0 Å². The molecule has 0 atom stereocenters. The van der Waals surface area contributed by atoms with E-state index < -0.39 is 0 Å². The maximum Gasteiger partial charge on any atom is 0.119 e. The monoisotopic (exact) mass is 266 g/mol. The summed E-state index contributed by atoms with van der Waals surface area (Å²) in [4.78, 5) is 0. The zero-order valence-electron chi connectivity index (χ0n) is 11.0. The van der Waals surface area contributed by atoms with E-state index in [2.05, 4.69) is 0 Å². The Morgan fingerprint density at radius 1 is 1.06 bits per heavy atom. The Balaban J connectivity index is 1.71. The molecule has 1 aromatic carbocycles. The van der Waals surface area contributed by atoms with Gasteiger partial charge in [0.15, 0.2) is 0 Å². The van der Waals surface area contributed by atoms with Crippen LogP contribution in [0.5, 0.6) is 5.75 Å². The molecule has 2 rings (SSSR count). The van der Waals surface area contributed by atoms with E-state index in [0.717, 1.165) is 24.7 Å². The molecule has 2 heteroatoms. The van der Waals surface area contributed by atoms with Crippen LogP contribution in [0.4, 0.5) is 0 Å². The van der Waals surface area contributed by atoms with Crippen LogP contribution in [0, 0.1) is 5.41 Å². The van der Waals surface area contributed by atoms with E-state index in [1.165, 1.54) is 38.5 Å². The van der Waals surface area contributed by atoms with Gasteiger partial charge in [0, 0.05) is 5.88 Å². The molecule has 0 bridgehead atoms. The van der Waals surface area contributed by atoms with Crippen LogP contribution < -0.4 is 4.74 Å². The second-order valence-corrected chi connectivity index (χ2v) is 5.73. The predicted molar refractivity (Wildman–Crippen MR) is 77.4 cm³/mol. The number of rotatable bonds is 6. The molecule has 1 aromatic rings. The van der Waals surface area contributed by atoms with Crippen molar-refractivity contribution >= 4 is 11.6 Å². The number of halogens is 1. The van der Waals surface area contributed by atoms with Gasteiger partial charge in [-0.3, -0.25) is 0 Å². The molecule has 0 N–H and O–H groups in total. The van der Waals surface area contributed by atoms with E-state index in [1.54, 1.807) is 0 Å². The average molecular weight is 267 g/mol. The normalized spacial score (nSPS) is 18.5. The molecule has 1 aliphatic rings. The third-order valence-corrected chi connectivity index (χ3v) is 4.63. The molecule has 0 radical (unpaired) electrons. The first-order chi connectivity index (χ1) is 8.85. The first kappa shape index (κ1) is 13.7. The van der Waals surface area contributed by atoms with Crippen molar-refractivity contribution in [2.75, 3.05) is 12.5 Å². The zero-order valence-corrected chi connectivity index (χ0v) is 11.8. The molecule has 18 heavy (non-hydrogen) atoms. The van der Waals surface area contributed by atoms with Crippen LogP contribution in [0.1, 0.15) is 44.9 Å². The Labute approximate surface area is 115 Å². The first-order valence-corrected chi connectivity index (χ1v) is 7.62. The van der Waals surface area contributed by atoms with Crippen LogP contribution in [0.25, 0.3) is 0 Å². The van der Waals surface area contributed by atoms with Crippen LogP contribution in [-0.4, -0.2) is 12.5 Å². The maximum atomic E-state index is 6.19. The largest absolute Gasteiger partial charge is 0.494 e. The Kier molecular flexibility index (Phi) is 5.37. The standard InChI is InChI=1S/C16H23ClO/c17-14-16(10-5-2-6-11-16)12-7-13-18-15-8-3-1-4-9-15/h1,3-4,8-9H,2,5-7,10-14H2. The summed E-state index contributed by atoms with van der Waals surface area (Å²) in [7, 11) is 0. The van der Waals surface area contributed by atoms with Crippen molar-refractivity contribution in [3.63, 3.8) is 0 Å². The van der Waals surface area contributed by atoms with Gasteiger partial charge in [-0.05, 0) is 43.2 Å². The van der Waals surface area contributed by atoms with Crippen LogP contribution in [0.15, 0.2) is 30.3 Å². The van der Waals surface area contributed by atoms with Gasteiger partial charge in [-0.1, -0.05) is 37.5 Å². The van der Waals surface area contributed by atoms with Gasteiger partial charge in [0.2, 0.25) is 0 Å². The van der Waals surface area contributed by atoms with Crippen molar-refractivity contribution < 1.29 is 4.74 Å². The molecule has 0 aliphatic heterocycles. The molecule has 0 saturated heterocycles. The number of alkyl halides is 1. The van der Waals surface area contributed by atoms with Gasteiger partial charge < -0.3 is 4.74 Å². The van der Waals surface area contributed by atoms with Crippen molar-refractivity contribution in [3.8, 4) is 5.75 Å². The lowest BCUT2D eigenvalue weighted by atomic mass is 9.73. The van der Waals surface area contributed by atoms with Gasteiger partial charge >= 0.3 is 0 Å². The lowest BCUT2D eigenvalue weighted by Gasteiger charge is -2.35. The molecule has 100 valence electrons. The van der Waals surface area contributed by atoms with Gasteiger partial charge in [0.05, 0.1) is 6.61 Å². The van der Waals surface area contributed by atoms with Crippen molar-refractivity contribution in [2.45, 2.75) is 44.9 Å². The van der Waals surface area contributed by atoms with E-state index in [4.69, 9.17) is 16.3 Å². The highest BCUT2D eigenvalue weighted by molar-refractivity contribution is 6.18. The Morgan fingerprint density at radius 2 is 1.78 bits per heavy atom. The molecule has 1 fully saturated rings. The van der Waals surface area contributed by atoms with Crippen molar-refractivity contribution in [1.82, 2.24) is 0 Å². The van der Waals surface area contributed by atoms with E-state index in [9.17, 15) is 0 Å². The quantitative estimate of drug-likeness (QED) is 0.518. The first-order valence-electron chi connectivity index (χ1n) is 7.08. The number of para-hydroxylation sites is 1. The summed E-state index contributed by atoms with van der Waals surface area (Å²) in [5.41, 5.74) is 0.403. The summed E-state index contributed by atoms with van der Waals surface area (Å²) in [5, 5.41) is 0. The van der Waals surface area contributed by atoms with Crippen LogP contribution in [0.2, 0.25) is 0 Å². The highest BCUT2D eigenvalue weighted by Gasteiger charge is 2.30. The maximum absolute atomic E-state index is 6.19. The van der Waals surface area contributed by atoms with Crippen molar-refractivity contribution in [3.05, 3.63) is 30.3 Å². The Morgan fingerprint density at radius 3 is 2.44 bits per heavy atom.